The number of hydrogen-bond donors (Lipinski definition) is 1. The van der Waals surface area contributed by atoms with Crippen LogP contribution in [0, 0.1) is 12.7 Å². The lowest BCUT2D eigenvalue weighted by Crippen LogP contribution is -2.14. The third kappa shape index (κ3) is 1.62. The van der Waals surface area contributed by atoms with E-state index in [9.17, 15) is 9.18 Å². The van der Waals surface area contributed by atoms with Crippen LogP contribution in [0.1, 0.15) is 31.0 Å². The quantitative estimate of drug-likeness (QED) is 0.785. The van der Waals surface area contributed by atoms with Crippen LogP contribution in [0.2, 0.25) is 0 Å². The molecule has 0 atom stereocenters. The van der Waals surface area contributed by atoms with Crippen LogP contribution >= 0.6 is 0 Å². The number of halogens is 1. The average molecular weight is 219 g/mol. The van der Waals surface area contributed by atoms with Crippen molar-refractivity contribution in [1.82, 2.24) is 4.98 Å². The Morgan fingerprint density at radius 2 is 2.00 bits per heavy atom. The topological polar surface area (TPSA) is 32.9 Å². The Morgan fingerprint density at radius 3 is 2.62 bits per heavy atom. The van der Waals surface area contributed by atoms with Gasteiger partial charge >= 0.3 is 0 Å². The molecule has 0 aliphatic carbocycles. The first-order valence-corrected chi connectivity index (χ1v) is 5.32. The van der Waals surface area contributed by atoms with Crippen LogP contribution in [0.15, 0.2) is 23.0 Å². The first-order valence-electron chi connectivity index (χ1n) is 5.32. The molecule has 1 N–H and O–H groups in total. The summed E-state index contributed by atoms with van der Waals surface area (Å²) in [7, 11) is 0. The van der Waals surface area contributed by atoms with Gasteiger partial charge in [0.1, 0.15) is 5.82 Å². The second-order valence-corrected chi connectivity index (χ2v) is 4.34. The zero-order valence-electron chi connectivity index (χ0n) is 9.60. The first kappa shape index (κ1) is 10.9. The number of aryl methyl sites for hydroxylation is 1. The number of fused-ring (bicyclic) bond motifs is 1. The second kappa shape index (κ2) is 3.74. The fourth-order valence-corrected chi connectivity index (χ4v) is 2.09. The van der Waals surface area contributed by atoms with Gasteiger partial charge in [-0.25, -0.2) is 4.39 Å². The molecule has 0 saturated heterocycles. The van der Waals surface area contributed by atoms with E-state index < -0.39 is 0 Å². The van der Waals surface area contributed by atoms with Crippen LogP contribution in [0.5, 0.6) is 0 Å². The molecule has 1 heterocycles. The fourth-order valence-electron chi connectivity index (χ4n) is 2.09. The molecule has 0 fully saturated rings. The van der Waals surface area contributed by atoms with Crippen molar-refractivity contribution >= 4 is 10.9 Å². The molecule has 0 aliphatic heterocycles. The summed E-state index contributed by atoms with van der Waals surface area (Å²) in [6, 6.07) is 4.25. The van der Waals surface area contributed by atoms with Crippen molar-refractivity contribution < 1.29 is 4.39 Å². The van der Waals surface area contributed by atoms with Crippen LogP contribution in [-0.4, -0.2) is 4.98 Å². The molecule has 2 nitrogen and oxygen atoms in total. The predicted octanol–water partition coefficient (Wildman–Crippen LogP) is 3.10. The molecule has 16 heavy (non-hydrogen) atoms. The maximum absolute atomic E-state index is 13.1. The van der Waals surface area contributed by atoms with E-state index in [1.165, 1.54) is 12.1 Å². The lowest BCUT2D eigenvalue weighted by molar-refractivity contribution is 0.629. The zero-order chi connectivity index (χ0) is 11.9. The molecule has 3 heteroatoms. The lowest BCUT2D eigenvalue weighted by atomic mass is 9.99. The van der Waals surface area contributed by atoms with Crippen molar-refractivity contribution in [3.8, 4) is 0 Å². The van der Waals surface area contributed by atoms with Gasteiger partial charge in [-0.15, -0.1) is 0 Å². The summed E-state index contributed by atoms with van der Waals surface area (Å²) in [6.07, 6.45) is 0. The summed E-state index contributed by atoms with van der Waals surface area (Å²) in [5.74, 6) is -0.243. The van der Waals surface area contributed by atoms with Crippen LogP contribution in [-0.2, 0) is 0 Å². The molecular weight excluding hydrogens is 205 g/mol. The molecule has 84 valence electrons. The second-order valence-electron chi connectivity index (χ2n) is 4.34. The minimum Gasteiger partial charge on any atom is -0.358 e. The number of aromatic nitrogens is 1. The van der Waals surface area contributed by atoms with Gasteiger partial charge in [0, 0.05) is 22.2 Å². The highest BCUT2D eigenvalue weighted by Crippen LogP contribution is 2.18. The van der Waals surface area contributed by atoms with Gasteiger partial charge in [-0.1, -0.05) is 13.8 Å². The maximum atomic E-state index is 13.1. The van der Waals surface area contributed by atoms with Gasteiger partial charge in [0.15, 0.2) is 5.43 Å². The standard InChI is InChI=1S/C13H14FNO/c1-7(2)12-8(3)15-11-5-4-9(14)6-10(11)13(12)16/h4-7H,1-3H3,(H,15,16). The minimum absolute atomic E-state index is 0.0687. The largest absolute Gasteiger partial charge is 0.358 e. The molecule has 0 aliphatic rings. The van der Waals surface area contributed by atoms with Gasteiger partial charge < -0.3 is 4.98 Å². The van der Waals surface area contributed by atoms with Crippen LogP contribution in [0.4, 0.5) is 4.39 Å². The van der Waals surface area contributed by atoms with Crippen molar-refractivity contribution in [3.05, 3.63) is 45.5 Å². The Balaban J connectivity index is 2.91. The molecular formula is C13H14FNO. The number of H-pyrrole nitrogens is 1. The Bertz CT molecular complexity index is 599. The van der Waals surface area contributed by atoms with Crippen molar-refractivity contribution in [2.75, 3.05) is 0 Å². The van der Waals surface area contributed by atoms with Crippen LogP contribution in [0.3, 0.4) is 0 Å². The molecule has 1 aromatic carbocycles. The van der Waals surface area contributed by atoms with Crippen molar-refractivity contribution in [2.24, 2.45) is 0 Å². The summed E-state index contributed by atoms with van der Waals surface area (Å²) in [5.41, 5.74) is 2.21. The molecule has 0 spiro atoms. The first-order chi connectivity index (χ1) is 7.50. The molecule has 2 aromatic rings. The Morgan fingerprint density at radius 1 is 1.31 bits per heavy atom. The van der Waals surface area contributed by atoms with Gasteiger partial charge in [-0.05, 0) is 31.0 Å². The summed E-state index contributed by atoms with van der Waals surface area (Å²) in [6.45, 7) is 5.80. The number of hydrogen-bond acceptors (Lipinski definition) is 1. The van der Waals surface area contributed by atoms with Crippen LogP contribution < -0.4 is 5.43 Å². The van der Waals surface area contributed by atoms with Gasteiger partial charge in [0.25, 0.3) is 0 Å². The molecule has 0 amide bonds. The molecule has 0 saturated carbocycles. The van der Waals surface area contributed by atoms with Gasteiger partial charge in [-0.2, -0.15) is 0 Å². The summed E-state index contributed by atoms with van der Waals surface area (Å²) in [5, 5.41) is 0.425. The van der Waals surface area contributed by atoms with E-state index in [-0.39, 0.29) is 17.2 Å². The smallest absolute Gasteiger partial charge is 0.193 e. The summed E-state index contributed by atoms with van der Waals surface area (Å²) < 4.78 is 13.1. The molecule has 0 radical (unpaired) electrons. The fraction of sp³-hybridized carbons (Fsp3) is 0.308. The SMILES string of the molecule is Cc1[nH]c2ccc(F)cc2c(=O)c1C(C)C. The number of benzene rings is 1. The van der Waals surface area contributed by atoms with Gasteiger partial charge in [0.2, 0.25) is 0 Å². The third-order valence-electron chi connectivity index (χ3n) is 2.77. The van der Waals surface area contributed by atoms with Gasteiger partial charge in [0.05, 0.1) is 0 Å². The predicted molar refractivity (Wildman–Crippen MR) is 63.4 cm³/mol. The highest BCUT2D eigenvalue weighted by molar-refractivity contribution is 5.79. The number of pyridine rings is 1. The van der Waals surface area contributed by atoms with Crippen molar-refractivity contribution in [2.45, 2.75) is 26.7 Å². The number of aromatic amines is 1. The molecule has 2 rings (SSSR count). The summed E-state index contributed by atoms with van der Waals surface area (Å²) >= 11 is 0. The molecule has 0 unspecified atom stereocenters. The molecule has 0 bridgehead atoms. The van der Waals surface area contributed by atoms with E-state index >= 15 is 0 Å². The van der Waals surface area contributed by atoms with E-state index in [1.807, 2.05) is 20.8 Å². The van der Waals surface area contributed by atoms with Crippen molar-refractivity contribution in [1.29, 1.82) is 0 Å². The normalized spacial score (nSPS) is 11.3. The number of nitrogens with one attached hydrogen (secondary N) is 1. The highest BCUT2D eigenvalue weighted by Gasteiger charge is 2.12. The van der Waals surface area contributed by atoms with Crippen molar-refractivity contribution in [3.63, 3.8) is 0 Å². The Kier molecular flexibility index (Phi) is 2.54. The van der Waals surface area contributed by atoms with E-state index in [2.05, 4.69) is 4.98 Å². The monoisotopic (exact) mass is 219 g/mol. The van der Waals surface area contributed by atoms with E-state index in [4.69, 9.17) is 0 Å². The highest BCUT2D eigenvalue weighted by atomic mass is 19.1. The maximum Gasteiger partial charge on any atom is 0.193 e. The zero-order valence-corrected chi connectivity index (χ0v) is 9.60. The molecule has 1 aromatic heterocycles. The lowest BCUT2D eigenvalue weighted by Gasteiger charge is -2.10. The average Bonchev–Trinajstić information content (AvgIpc) is 2.19. The van der Waals surface area contributed by atoms with Crippen LogP contribution in [0.25, 0.3) is 10.9 Å². The Hall–Kier alpha value is -1.64. The van der Waals surface area contributed by atoms with E-state index in [1.54, 1.807) is 6.07 Å². The minimum atomic E-state index is -0.378. The third-order valence-corrected chi connectivity index (χ3v) is 2.77. The van der Waals surface area contributed by atoms with Gasteiger partial charge in [-0.3, -0.25) is 4.79 Å². The number of rotatable bonds is 1. The summed E-state index contributed by atoms with van der Waals surface area (Å²) in [4.78, 5) is 15.3. The van der Waals surface area contributed by atoms with E-state index in [0.29, 0.717) is 10.9 Å². The Labute approximate surface area is 93.1 Å². The van der Waals surface area contributed by atoms with E-state index in [0.717, 1.165) is 11.3 Å².